The lowest BCUT2D eigenvalue weighted by Crippen LogP contribution is -2.36. The van der Waals surface area contributed by atoms with Gasteiger partial charge in [0, 0.05) is 6.54 Å². The van der Waals surface area contributed by atoms with E-state index in [4.69, 9.17) is 9.47 Å². The highest BCUT2D eigenvalue weighted by Gasteiger charge is 2.16. The van der Waals surface area contributed by atoms with Crippen molar-refractivity contribution in [2.45, 2.75) is 52.1 Å². The van der Waals surface area contributed by atoms with Crippen molar-refractivity contribution in [2.75, 3.05) is 13.7 Å². The molecule has 0 bridgehead atoms. The van der Waals surface area contributed by atoms with Gasteiger partial charge in [-0.05, 0) is 60.6 Å². The molecule has 4 heteroatoms. The van der Waals surface area contributed by atoms with Crippen LogP contribution in [-0.2, 0) is 16.6 Å². The van der Waals surface area contributed by atoms with Crippen molar-refractivity contribution in [3.63, 3.8) is 0 Å². The molecular formula is C23H31NO3. The Hall–Kier alpha value is -2.49. The smallest absolute Gasteiger partial charge is 0.260 e. The molecule has 1 amide bonds. The highest BCUT2D eigenvalue weighted by molar-refractivity contribution is 5.80. The zero-order chi connectivity index (χ0) is 19.9. The Balaban J connectivity index is 1.75. The second kappa shape index (κ2) is 9.45. The van der Waals surface area contributed by atoms with Gasteiger partial charge in [0.25, 0.3) is 5.91 Å². The fourth-order valence-electron chi connectivity index (χ4n) is 2.77. The van der Waals surface area contributed by atoms with Crippen LogP contribution in [0.5, 0.6) is 11.5 Å². The van der Waals surface area contributed by atoms with Crippen LogP contribution in [0.1, 0.15) is 45.2 Å². The first-order valence-electron chi connectivity index (χ1n) is 9.47. The third kappa shape index (κ3) is 6.63. The standard InChI is InChI=1S/C23H31NO3/c1-17(27-20-13-11-19(12-14-20)23(2,3)4)22(25)24-15-7-9-18-8-6-10-21(16-18)26-5/h6,8,10-14,16-17H,7,9,15H2,1-5H3,(H,24,25)/t17-/m1/s1. The number of nitrogens with one attached hydrogen (secondary N) is 1. The van der Waals surface area contributed by atoms with E-state index in [1.54, 1.807) is 14.0 Å². The van der Waals surface area contributed by atoms with Crippen LogP contribution in [0.15, 0.2) is 48.5 Å². The molecule has 0 heterocycles. The molecule has 1 atom stereocenters. The molecular weight excluding hydrogens is 338 g/mol. The largest absolute Gasteiger partial charge is 0.497 e. The van der Waals surface area contributed by atoms with E-state index in [1.165, 1.54) is 11.1 Å². The Kier molecular flexibility index (Phi) is 7.28. The number of rotatable bonds is 8. The monoisotopic (exact) mass is 369 g/mol. The number of carbonyl (C=O) groups is 1. The lowest BCUT2D eigenvalue weighted by molar-refractivity contribution is -0.127. The fraction of sp³-hybridized carbons (Fsp3) is 0.435. The maximum Gasteiger partial charge on any atom is 0.260 e. The highest BCUT2D eigenvalue weighted by atomic mass is 16.5. The van der Waals surface area contributed by atoms with Crippen LogP contribution >= 0.6 is 0 Å². The zero-order valence-electron chi connectivity index (χ0n) is 17.0. The van der Waals surface area contributed by atoms with Crippen LogP contribution in [-0.4, -0.2) is 25.7 Å². The number of hydrogen-bond donors (Lipinski definition) is 1. The van der Waals surface area contributed by atoms with Gasteiger partial charge in [0.1, 0.15) is 11.5 Å². The summed E-state index contributed by atoms with van der Waals surface area (Å²) in [5, 5.41) is 2.94. The molecule has 0 fully saturated rings. The first-order chi connectivity index (χ1) is 12.8. The molecule has 4 nitrogen and oxygen atoms in total. The van der Waals surface area contributed by atoms with Crippen LogP contribution in [0.2, 0.25) is 0 Å². The summed E-state index contributed by atoms with van der Waals surface area (Å²) in [6.45, 7) is 8.90. The molecule has 0 unspecified atom stereocenters. The summed E-state index contributed by atoms with van der Waals surface area (Å²) in [7, 11) is 1.66. The van der Waals surface area contributed by atoms with Crippen molar-refractivity contribution in [3.05, 3.63) is 59.7 Å². The summed E-state index contributed by atoms with van der Waals surface area (Å²) in [5.74, 6) is 1.47. The molecule has 0 saturated heterocycles. The summed E-state index contributed by atoms with van der Waals surface area (Å²) < 4.78 is 11.0. The van der Waals surface area contributed by atoms with Crippen LogP contribution in [0.4, 0.5) is 0 Å². The molecule has 2 rings (SSSR count). The molecule has 2 aromatic carbocycles. The lowest BCUT2D eigenvalue weighted by Gasteiger charge is -2.20. The van der Waals surface area contributed by atoms with E-state index in [0.29, 0.717) is 12.3 Å². The van der Waals surface area contributed by atoms with Crippen LogP contribution in [0.3, 0.4) is 0 Å². The van der Waals surface area contributed by atoms with E-state index in [9.17, 15) is 4.79 Å². The van der Waals surface area contributed by atoms with Gasteiger partial charge in [0.2, 0.25) is 0 Å². The van der Waals surface area contributed by atoms with Gasteiger partial charge in [-0.25, -0.2) is 0 Å². The lowest BCUT2D eigenvalue weighted by atomic mass is 9.87. The maximum absolute atomic E-state index is 12.2. The number of methoxy groups -OCH3 is 1. The normalized spacial score (nSPS) is 12.3. The Morgan fingerprint density at radius 1 is 1.07 bits per heavy atom. The minimum atomic E-state index is -0.526. The van der Waals surface area contributed by atoms with E-state index in [1.807, 2.05) is 42.5 Å². The molecule has 0 aliphatic rings. The van der Waals surface area contributed by atoms with Gasteiger partial charge >= 0.3 is 0 Å². The van der Waals surface area contributed by atoms with Crippen LogP contribution in [0, 0.1) is 0 Å². The first-order valence-corrected chi connectivity index (χ1v) is 9.47. The van der Waals surface area contributed by atoms with E-state index in [0.717, 1.165) is 18.6 Å². The number of hydrogen-bond acceptors (Lipinski definition) is 3. The molecule has 0 radical (unpaired) electrons. The molecule has 0 aliphatic heterocycles. The van der Waals surface area contributed by atoms with Crippen molar-refractivity contribution in [1.82, 2.24) is 5.32 Å². The van der Waals surface area contributed by atoms with Crippen molar-refractivity contribution in [3.8, 4) is 11.5 Å². The van der Waals surface area contributed by atoms with Gasteiger partial charge in [-0.2, -0.15) is 0 Å². The summed E-state index contributed by atoms with van der Waals surface area (Å²) in [6, 6.07) is 15.9. The number of aryl methyl sites for hydroxylation is 1. The molecule has 0 saturated carbocycles. The minimum absolute atomic E-state index is 0.0967. The average molecular weight is 370 g/mol. The summed E-state index contributed by atoms with van der Waals surface area (Å²) in [6.07, 6.45) is 1.23. The minimum Gasteiger partial charge on any atom is -0.497 e. The Labute approximate surface area is 162 Å². The van der Waals surface area contributed by atoms with Gasteiger partial charge < -0.3 is 14.8 Å². The number of amides is 1. The molecule has 27 heavy (non-hydrogen) atoms. The number of benzene rings is 2. The van der Waals surface area contributed by atoms with E-state index < -0.39 is 6.10 Å². The van der Waals surface area contributed by atoms with Gasteiger partial charge in [0.15, 0.2) is 6.10 Å². The number of ether oxygens (including phenoxy) is 2. The molecule has 0 aromatic heterocycles. The topological polar surface area (TPSA) is 47.6 Å². The predicted molar refractivity (Wildman–Crippen MR) is 110 cm³/mol. The van der Waals surface area contributed by atoms with Crippen LogP contribution in [0.25, 0.3) is 0 Å². The van der Waals surface area contributed by atoms with Gasteiger partial charge in [-0.15, -0.1) is 0 Å². The Morgan fingerprint density at radius 2 is 1.78 bits per heavy atom. The number of carbonyl (C=O) groups excluding carboxylic acids is 1. The molecule has 0 aliphatic carbocycles. The van der Waals surface area contributed by atoms with Crippen molar-refractivity contribution >= 4 is 5.91 Å². The maximum atomic E-state index is 12.2. The molecule has 0 spiro atoms. The highest BCUT2D eigenvalue weighted by Crippen LogP contribution is 2.24. The molecule has 2 aromatic rings. The van der Waals surface area contributed by atoms with Crippen molar-refractivity contribution in [2.24, 2.45) is 0 Å². The van der Waals surface area contributed by atoms with E-state index in [2.05, 4.69) is 32.2 Å². The average Bonchev–Trinajstić information content (AvgIpc) is 2.65. The SMILES string of the molecule is COc1cccc(CCCNC(=O)[C@@H](C)Oc2ccc(C(C)(C)C)cc2)c1. The van der Waals surface area contributed by atoms with E-state index >= 15 is 0 Å². The third-order valence-electron chi connectivity index (χ3n) is 4.48. The van der Waals surface area contributed by atoms with Gasteiger partial charge in [0.05, 0.1) is 7.11 Å². The summed E-state index contributed by atoms with van der Waals surface area (Å²) in [5.41, 5.74) is 2.54. The van der Waals surface area contributed by atoms with E-state index in [-0.39, 0.29) is 11.3 Å². The predicted octanol–water partition coefficient (Wildman–Crippen LogP) is 4.51. The summed E-state index contributed by atoms with van der Waals surface area (Å²) >= 11 is 0. The quantitative estimate of drug-likeness (QED) is 0.697. The van der Waals surface area contributed by atoms with Crippen molar-refractivity contribution < 1.29 is 14.3 Å². The van der Waals surface area contributed by atoms with Gasteiger partial charge in [-0.3, -0.25) is 4.79 Å². The Bertz CT molecular complexity index is 732. The Morgan fingerprint density at radius 3 is 2.41 bits per heavy atom. The third-order valence-corrected chi connectivity index (χ3v) is 4.48. The summed E-state index contributed by atoms with van der Waals surface area (Å²) in [4.78, 5) is 12.2. The second-order valence-electron chi connectivity index (χ2n) is 7.78. The molecule has 146 valence electrons. The fourth-order valence-corrected chi connectivity index (χ4v) is 2.77. The second-order valence-corrected chi connectivity index (χ2v) is 7.78. The van der Waals surface area contributed by atoms with Crippen molar-refractivity contribution in [1.29, 1.82) is 0 Å². The first kappa shape index (κ1) is 20.8. The zero-order valence-corrected chi connectivity index (χ0v) is 17.0. The van der Waals surface area contributed by atoms with Crippen LogP contribution < -0.4 is 14.8 Å². The van der Waals surface area contributed by atoms with Gasteiger partial charge in [-0.1, -0.05) is 45.0 Å². The molecule has 1 N–H and O–H groups in total.